The van der Waals surface area contributed by atoms with Crippen molar-refractivity contribution in [2.45, 2.75) is 135 Å². The first kappa shape index (κ1) is 39.7. The zero-order valence-electron chi connectivity index (χ0n) is 37.5. The molecule has 0 saturated carbocycles. The highest BCUT2D eigenvalue weighted by Crippen LogP contribution is 2.49. The van der Waals surface area contributed by atoms with E-state index in [9.17, 15) is 0 Å². The second-order valence-electron chi connectivity index (χ2n) is 21.3. The molecule has 59 heavy (non-hydrogen) atoms. The quantitative estimate of drug-likeness (QED) is 0.159. The minimum absolute atomic E-state index is 0.0406. The lowest BCUT2D eigenvalue weighted by Crippen LogP contribution is -2.62. The van der Waals surface area contributed by atoms with Crippen LogP contribution in [0.2, 0.25) is 0 Å². The SMILES string of the molecule is CC(C)(C)c1ccc2c(c1)B1C3=C(CCCC3N(c3ccc(C(C)(C)c4ccccc4)cc3)c3ccc(C(C)(C)C)cc31)N2C1=CCC(C(C)(C)c2ccccc2)CC1. The molecular weight excluding hydrogens is 711 g/mol. The highest BCUT2D eigenvalue weighted by molar-refractivity contribution is 6.94. The van der Waals surface area contributed by atoms with Crippen LogP contribution in [-0.2, 0) is 21.7 Å². The Morgan fingerprint density at radius 2 is 1.08 bits per heavy atom. The summed E-state index contributed by atoms with van der Waals surface area (Å²) in [6, 6.07) is 47.1. The molecule has 5 aromatic rings. The summed E-state index contributed by atoms with van der Waals surface area (Å²) in [6.45, 7) is 24.1. The van der Waals surface area contributed by atoms with Crippen molar-refractivity contribution in [1.29, 1.82) is 0 Å². The molecule has 4 aliphatic rings. The van der Waals surface area contributed by atoms with E-state index in [4.69, 9.17) is 0 Å². The Bertz CT molecular complexity index is 2420. The van der Waals surface area contributed by atoms with Gasteiger partial charge in [0.2, 0.25) is 6.71 Å². The lowest BCUT2D eigenvalue weighted by atomic mass is 9.31. The molecule has 2 heterocycles. The van der Waals surface area contributed by atoms with Crippen molar-refractivity contribution in [1.82, 2.24) is 0 Å². The van der Waals surface area contributed by atoms with Crippen LogP contribution in [0.15, 0.2) is 144 Å². The smallest absolute Gasteiger partial charge is 0.246 e. The van der Waals surface area contributed by atoms with Gasteiger partial charge in [0, 0.05) is 39.9 Å². The summed E-state index contributed by atoms with van der Waals surface area (Å²) in [6.07, 6.45) is 9.49. The minimum Gasteiger partial charge on any atom is -0.335 e. The van der Waals surface area contributed by atoms with Crippen molar-refractivity contribution in [2.24, 2.45) is 5.92 Å². The highest BCUT2D eigenvalue weighted by atomic mass is 15.2. The van der Waals surface area contributed by atoms with E-state index in [0.717, 1.165) is 25.7 Å². The van der Waals surface area contributed by atoms with E-state index in [-0.39, 0.29) is 34.4 Å². The van der Waals surface area contributed by atoms with Crippen molar-refractivity contribution in [3.8, 4) is 0 Å². The molecule has 2 nitrogen and oxygen atoms in total. The third kappa shape index (κ3) is 6.81. The number of rotatable bonds is 6. The van der Waals surface area contributed by atoms with Gasteiger partial charge in [0.05, 0.1) is 0 Å². The average Bonchev–Trinajstić information content (AvgIpc) is 3.23. The number of allylic oxidation sites excluding steroid dienone is 3. The fourth-order valence-corrected chi connectivity index (χ4v) is 11.1. The molecule has 0 fully saturated rings. The number of anilines is 3. The summed E-state index contributed by atoms with van der Waals surface area (Å²) in [5, 5.41) is 0. The molecule has 2 atom stereocenters. The third-order valence-electron chi connectivity index (χ3n) is 15.0. The van der Waals surface area contributed by atoms with Gasteiger partial charge in [-0.05, 0) is 129 Å². The predicted octanol–water partition coefficient (Wildman–Crippen LogP) is 13.2. The summed E-state index contributed by atoms with van der Waals surface area (Å²) in [4.78, 5) is 5.53. The van der Waals surface area contributed by atoms with Crippen molar-refractivity contribution in [3.63, 3.8) is 0 Å². The van der Waals surface area contributed by atoms with E-state index in [1.54, 1.807) is 11.2 Å². The van der Waals surface area contributed by atoms with Crippen LogP contribution in [0.5, 0.6) is 0 Å². The highest BCUT2D eigenvalue weighted by Gasteiger charge is 2.49. The van der Waals surface area contributed by atoms with E-state index in [0.29, 0.717) is 5.92 Å². The fourth-order valence-electron chi connectivity index (χ4n) is 11.1. The minimum atomic E-state index is -0.0891. The van der Waals surface area contributed by atoms with Gasteiger partial charge < -0.3 is 9.80 Å². The Morgan fingerprint density at radius 3 is 1.66 bits per heavy atom. The molecule has 5 aromatic carbocycles. The molecule has 0 aromatic heterocycles. The van der Waals surface area contributed by atoms with Gasteiger partial charge >= 0.3 is 0 Å². The second kappa shape index (κ2) is 14.5. The molecule has 0 N–H and O–H groups in total. The molecule has 0 radical (unpaired) electrons. The largest absolute Gasteiger partial charge is 0.335 e. The molecule has 0 spiro atoms. The Kier molecular flexibility index (Phi) is 9.73. The lowest BCUT2D eigenvalue weighted by molar-refractivity contribution is 0.290. The van der Waals surface area contributed by atoms with Crippen LogP contribution in [0.25, 0.3) is 0 Å². The normalized spacial score (nSPS) is 19.6. The maximum atomic E-state index is 2.79. The number of benzene rings is 5. The number of nitrogens with zero attached hydrogens (tertiary/aromatic N) is 2. The van der Waals surface area contributed by atoms with Gasteiger partial charge in [0.15, 0.2) is 0 Å². The van der Waals surface area contributed by atoms with Gasteiger partial charge in [0.1, 0.15) is 0 Å². The van der Waals surface area contributed by atoms with E-state index < -0.39 is 0 Å². The molecule has 302 valence electrons. The molecule has 2 unspecified atom stereocenters. The Hall–Kier alpha value is -4.76. The molecule has 9 rings (SSSR count). The molecule has 0 amide bonds. The molecular formula is C56H65BN2. The summed E-state index contributed by atoms with van der Waals surface area (Å²) in [7, 11) is 0. The Balaban J connectivity index is 1.21. The van der Waals surface area contributed by atoms with E-state index in [1.807, 2.05) is 0 Å². The monoisotopic (exact) mass is 777 g/mol. The predicted molar refractivity (Wildman–Crippen MR) is 254 cm³/mol. The third-order valence-corrected chi connectivity index (χ3v) is 15.0. The maximum absolute atomic E-state index is 2.79. The van der Waals surface area contributed by atoms with Crippen molar-refractivity contribution in [3.05, 3.63) is 172 Å². The standard InChI is InChI=1S/C56H65BN2/c1-53(2,3)42-28-34-48-46(36-42)57-47-37-43(54(4,5)6)29-35-49(47)59(45-32-26-41(27-33-45)56(9,10)39-20-15-12-16-21-39)51-23-17-22-50(52(51)57)58(48)44-30-24-40(25-31-44)55(7,8)38-18-13-11-14-19-38/h11-16,18-21,24-25,28-32,34-37,41,50H,17,22-23,26-27,33H2,1-10H3. The van der Waals surface area contributed by atoms with Crippen molar-refractivity contribution >= 4 is 34.7 Å². The van der Waals surface area contributed by atoms with Gasteiger partial charge in [-0.2, -0.15) is 0 Å². The van der Waals surface area contributed by atoms with Crippen LogP contribution in [0.1, 0.15) is 136 Å². The van der Waals surface area contributed by atoms with Crippen LogP contribution in [0.4, 0.5) is 17.1 Å². The first-order valence-electron chi connectivity index (χ1n) is 22.6. The van der Waals surface area contributed by atoms with Gasteiger partial charge in [-0.3, -0.25) is 0 Å². The first-order chi connectivity index (χ1) is 28.0. The van der Waals surface area contributed by atoms with Crippen LogP contribution in [-0.4, -0.2) is 12.8 Å². The summed E-state index contributed by atoms with van der Waals surface area (Å²) in [5.74, 6) is 0.605. The van der Waals surface area contributed by atoms with Gasteiger partial charge in [-0.25, -0.2) is 0 Å². The Labute approximate surface area is 356 Å². The van der Waals surface area contributed by atoms with Crippen LogP contribution < -0.4 is 20.7 Å². The van der Waals surface area contributed by atoms with Crippen LogP contribution in [0.3, 0.4) is 0 Å². The zero-order valence-corrected chi connectivity index (χ0v) is 37.5. The zero-order chi connectivity index (χ0) is 41.5. The summed E-state index contributed by atoms with van der Waals surface area (Å²) < 4.78 is 0. The fraction of sp³-hybridized carbons (Fsp3) is 0.393. The van der Waals surface area contributed by atoms with E-state index >= 15 is 0 Å². The number of hydrogen-bond donors (Lipinski definition) is 0. The molecule has 2 aliphatic carbocycles. The summed E-state index contributed by atoms with van der Waals surface area (Å²) in [5.41, 5.74) is 18.8. The van der Waals surface area contributed by atoms with Crippen molar-refractivity contribution < 1.29 is 0 Å². The molecule has 2 aliphatic heterocycles. The average molecular weight is 777 g/mol. The van der Waals surface area contributed by atoms with E-state index in [1.165, 1.54) is 74.3 Å². The molecule has 3 heteroatoms. The van der Waals surface area contributed by atoms with Gasteiger partial charge in [-0.1, -0.05) is 172 Å². The van der Waals surface area contributed by atoms with Crippen molar-refractivity contribution in [2.75, 3.05) is 9.80 Å². The first-order valence-corrected chi connectivity index (χ1v) is 22.6. The summed E-state index contributed by atoms with van der Waals surface area (Å²) >= 11 is 0. The Morgan fingerprint density at radius 1 is 0.542 bits per heavy atom. The number of fused-ring (bicyclic) bond motifs is 4. The van der Waals surface area contributed by atoms with Crippen LogP contribution >= 0.6 is 0 Å². The maximum Gasteiger partial charge on any atom is 0.246 e. The number of hydrogen-bond acceptors (Lipinski definition) is 2. The van der Waals surface area contributed by atoms with E-state index in [2.05, 4.69) is 206 Å². The topological polar surface area (TPSA) is 6.48 Å². The lowest BCUT2D eigenvalue weighted by Gasteiger charge is -2.52. The molecule has 0 saturated heterocycles. The second-order valence-corrected chi connectivity index (χ2v) is 21.3. The van der Waals surface area contributed by atoms with Crippen LogP contribution in [0, 0.1) is 5.92 Å². The van der Waals surface area contributed by atoms with Gasteiger partial charge in [0.25, 0.3) is 0 Å². The molecule has 0 bridgehead atoms. The van der Waals surface area contributed by atoms with Gasteiger partial charge in [-0.15, -0.1) is 0 Å².